The monoisotopic (exact) mass is 241 g/mol. The number of aliphatic hydroxyl groups is 1. The lowest BCUT2D eigenvalue weighted by atomic mass is 10.00. The highest BCUT2D eigenvalue weighted by atomic mass is 16.3. The van der Waals surface area contributed by atoms with Crippen LogP contribution in [0.3, 0.4) is 0 Å². The van der Waals surface area contributed by atoms with Crippen molar-refractivity contribution in [1.82, 2.24) is 10.2 Å². The number of β-amino-alcohol motifs (C(OH)–C–C–N with tert-alkyl or cyclic N) is 1. The Morgan fingerprint density at radius 3 is 2.71 bits per heavy atom. The fourth-order valence-electron chi connectivity index (χ4n) is 2.60. The van der Waals surface area contributed by atoms with Crippen molar-refractivity contribution in [3.8, 4) is 0 Å². The minimum Gasteiger partial charge on any atom is -0.392 e. The van der Waals surface area contributed by atoms with Crippen molar-refractivity contribution in [2.75, 3.05) is 13.1 Å². The van der Waals surface area contributed by atoms with Crippen LogP contribution < -0.4 is 11.1 Å². The van der Waals surface area contributed by atoms with E-state index in [-0.39, 0.29) is 11.9 Å². The lowest BCUT2D eigenvalue weighted by Crippen LogP contribution is -2.54. The van der Waals surface area contributed by atoms with Crippen LogP contribution in [0.4, 0.5) is 0 Å². The topological polar surface area (TPSA) is 95.7 Å². The second kappa shape index (κ2) is 5.01. The van der Waals surface area contributed by atoms with Crippen molar-refractivity contribution in [2.24, 2.45) is 5.73 Å². The van der Waals surface area contributed by atoms with Gasteiger partial charge in [0.15, 0.2) is 0 Å². The Morgan fingerprint density at radius 2 is 2.12 bits per heavy atom. The molecule has 2 rings (SSSR count). The maximum Gasteiger partial charge on any atom is 0.240 e. The Hall–Kier alpha value is -1.14. The molecule has 3 unspecified atom stereocenters. The van der Waals surface area contributed by atoms with Crippen molar-refractivity contribution in [2.45, 2.75) is 43.9 Å². The zero-order valence-corrected chi connectivity index (χ0v) is 9.76. The highest BCUT2D eigenvalue weighted by Crippen LogP contribution is 2.20. The molecule has 0 aromatic rings. The summed E-state index contributed by atoms with van der Waals surface area (Å²) in [5.74, 6) is -0.540. The molecule has 0 saturated carbocycles. The van der Waals surface area contributed by atoms with E-state index in [0.29, 0.717) is 25.9 Å². The van der Waals surface area contributed by atoms with Gasteiger partial charge < -0.3 is 21.1 Å². The predicted molar refractivity (Wildman–Crippen MR) is 61.0 cm³/mol. The Morgan fingerprint density at radius 1 is 1.35 bits per heavy atom. The number of piperidine rings is 1. The SMILES string of the molecule is NC(=O)C1CCCCN1C(=O)C1CC(O)CN1. The smallest absolute Gasteiger partial charge is 0.240 e. The standard InChI is InChI=1S/C11H19N3O3/c12-10(16)9-3-1-2-4-14(9)11(17)8-5-7(15)6-13-8/h7-9,13,15H,1-6H2,(H2,12,16). The van der Waals surface area contributed by atoms with E-state index in [9.17, 15) is 14.7 Å². The molecule has 6 nitrogen and oxygen atoms in total. The summed E-state index contributed by atoms with van der Waals surface area (Å²) in [5, 5.41) is 12.4. The molecule has 0 aromatic carbocycles. The molecule has 96 valence electrons. The van der Waals surface area contributed by atoms with Gasteiger partial charge in [-0.3, -0.25) is 9.59 Å². The fraction of sp³-hybridized carbons (Fsp3) is 0.818. The molecule has 17 heavy (non-hydrogen) atoms. The molecule has 2 aliphatic rings. The van der Waals surface area contributed by atoms with Crippen LogP contribution in [0.5, 0.6) is 0 Å². The summed E-state index contributed by atoms with van der Waals surface area (Å²) in [5.41, 5.74) is 5.32. The molecular weight excluding hydrogens is 222 g/mol. The molecule has 2 saturated heterocycles. The minimum absolute atomic E-state index is 0.106. The molecule has 0 aliphatic carbocycles. The maximum absolute atomic E-state index is 12.2. The number of carbonyl (C=O) groups is 2. The first-order chi connectivity index (χ1) is 8.09. The molecular formula is C11H19N3O3. The summed E-state index contributed by atoms with van der Waals surface area (Å²) in [6, 6.07) is -0.847. The van der Waals surface area contributed by atoms with Gasteiger partial charge in [-0.1, -0.05) is 0 Å². The van der Waals surface area contributed by atoms with E-state index in [1.807, 2.05) is 0 Å². The second-order valence-corrected chi connectivity index (χ2v) is 4.80. The molecule has 2 fully saturated rings. The number of hydrogen-bond donors (Lipinski definition) is 3. The van der Waals surface area contributed by atoms with Crippen LogP contribution in [0, 0.1) is 0 Å². The summed E-state index contributed by atoms with van der Waals surface area (Å²) < 4.78 is 0. The van der Waals surface area contributed by atoms with E-state index in [1.165, 1.54) is 0 Å². The van der Waals surface area contributed by atoms with E-state index in [2.05, 4.69) is 5.32 Å². The Balaban J connectivity index is 2.03. The number of rotatable bonds is 2. The van der Waals surface area contributed by atoms with Crippen molar-refractivity contribution < 1.29 is 14.7 Å². The molecule has 2 amide bonds. The molecule has 2 aliphatic heterocycles. The predicted octanol–water partition coefficient (Wildman–Crippen LogP) is -1.42. The van der Waals surface area contributed by atoms with Crippen LogP contribution >= 0.6 is 0 Å². The maximum atomic E-state index is 12.2. The van der Waals surface area contributed by atoms with Crippen LogP contribution in [-0.2, 0) is 9.59 Å². The summed E-state index contributed by atoms with van der Waals surface area (Å²) in [6.07, 6.45) is 2.43. The summed E-state index contributed by atoms with van der Waals surface area (Å²) in [7, 11) is 0. The number of nitrogens with two attached hydrogens (primary N) is 1. The first-order valence-electron chi connectivity index (χ1n) is 6.11. The van der Waals surface area contributed by atoms with Crippen molar-refractivity contribution in [1.29, 1.82) is 0 Å². The van der Waals surface area contributed by atoms with Gasteiger partial charge in [-0.2, -0.15) is 0 Å². The highest BCUT2D eigenvalue weighted by molar-refractivity contribution is 5.89. The fourth-order valence-corrected chi connectivity index (χ4v) is 2.60. The molecule has 4 N–H and O–H groups in total. The third kappa shape index (κ3) is 2.58. The molecule has 0 aromatic heterocycles. The molecule has 0 radical (unpaired) electrons. The Labute approximate surface area is 100 Å². The van der Waals surface area contributed by atoms with Gasteiger partial charge in [0.1, 0.15) is 6.04 Å². The van der Waals surface area contributed by atoms with Crippen molar-refractivity contribution in [3.05, 3.63) is 0 Å². The van der Waals surface area contributed by atoms with Crippen LogP contribution in [0.2, 0.25) is 0 Å². The third-order valence-corrected chi connectivity index (χ3v) is 3.52. The van der Waals surface area contributed by atoms with E-state index in [4.69, 9.17) is 5.73 Å². The van der Waals surface area contributed by atoms with Crippen molar-refractivity contribution >= 4 is 11.8 Å². The molecule has 3 atom stereocenters. The van der Waals surface area contributed by atoms with Gasteiger partial charge >= 0.3 is 0 Å². The summed E-state index contributed by atoms with van der Waals surface area (Å²) in [4.78, 5) is 25.1. The lowest BCUT2D eigenvalue weighted by molar-refractivity contribution is -0.142. The number of aliphatic hydroxyl groups excluding tert-OH is 1. The number of carbonyl (C=O) groups excluding carboxylic acids is 2. The van der Waals surface area contributed by atoms with Crippen LogP contribution in [0.1, 0.15) is 25.7 Å². The van der Waals surface area contributed by atoms with Gasteiger partial charge in [-0.15, -0.1) is 0 Å². The van der Waals surface area contributed by atoms with E-state index >= 15 is 0 Å². The number of nitrogens with one attached hydrogen (secondary N) is 1. The lowest BCUT2D eigenvalue weighted by Gasteiger charge is -2.35. The summed E-state index contributed by atoms with van der Waals surface area (Å²) in [6.45, 7) is 1.02. The van der Waals surface area contributed by atoms with Crippen LogP contribution in [-0.4, -0.2) is 53.1 Å². The second-order valence-electron chi connectivity index (χ2n) is 4.80. The van der Waals surface area contributed by atoms with Crippen LogP contribution in [0.25, 0.3) is 0 Å². The number of hydrogen-bond acceptors (Lipinski definition) is 4. The van der Waals surface area contributed by atoms with Gasteiger partial charge in [0.05, 0.1) is 12.1 Å². The molecule has 0 spiro atoms. The number of nitrogens with zero attached hydrogens (tertiary/aromatic N) is 1. The van der Waals surface area contributed by atoms with E-state index in [0.717, 1.165) is 12.8 Å². The van der Waals surface area contributed by atoms with Gasteiger partial charge in [-0.05, 0) is 25.7 Å². The Kier molecular flexibility index (Phi) is 3.63. The minimum atomic E-state index is -0.476. The average Bonchev–Trinajstić information content (AvgIpc) is 2.75. The normalized spacial score (nSPS) is 33.7. The van der Waals surface area contributed by atoms with Gasteiger partial charge in [0.25, 0.3) is 0 Å². The molecule has 2 heterocycles. The quantitative estimate of drug-likeness (QED) is 0.552. The largest absolute Gasteiger partial charge is 0.392 e. The zero-order valence-electron chi connectivity index (χ0n) is 9.76. The van der Waals surface area contributed by atoms with Gasteiger partial charge in [-0.25, -0.2) is 0 Å². The molecule has 6 heteroatoms. The molecule has 0 bridgehead atoms. The van der Waals surface area contributed by atoms with Crippen molar-refractivity contribution in [3.63, 3.8) is 0 Å². The average molecular weight is 241 g/mol. The van der Waals surface area contributed by atoms with E-state index < -0.39 is 18.1 Å². The number of primary amides is 1. The third-order valence-electron chi connectivity index (χ3n) is 3.52. The zero-order chi connectivity index (χ0) is 12.4. The van der Waals surface area contributed by atoms with Gasteiger partial charge in [0, 0.05) is 13.1 Å². The van der Waals surface area contributed by atoms with E-state index in [1.54, 1.807) is 4.90 Å². The van der Waals surface area contributed by atoms with Crippen LogP contribution in [0.15, 0.2) is 0 Å². The first-order valence-corrected chi connectivity index (χ1v) is 6.11. The Bertz CT molecular complexity index is 321. The first kappa shape index (κ1) is 12.3. The summed E-state index contributed by atoms with van der Waals surface area (Å²) >= 11 is 0. The van der Waals surface area contributed by atoms with Gasteiger partial charge in [0.2, 0.25) is 11.8 Å². The number of likely N-dealkylation sites (tertiary alicyclic amines) is 1. The number of amides is 2. The highest BCUT2D eigenvalue weighted by Gasteiger charge is 2.37.